The van der Waals surface area contributed by atoms with Crippen molar-refractivity contribution in [3.8, 4) is 17.4 Å². The Morgan fingerprint density at radius 3 is 2.41 bits per heavy atom. The van der Waals surface area contributed by atoms with E-state index in [4.69, 9.17) is 9.47 Å². The van der Waals surface area contributed by atoms with Crippen molar-refractivity contribution in [1.29, 1.82) is 0 Å². The van der Waals surface area contributed by atoms with Crippen molar-refractivity contribution in [2.45, 2.75) is 6.61 Å². The second-order valence-corrected chi connectivity index (χ2v) is 6.31. The number of benzene rings is 2. The second-order valence-electron chi connectivity index (χ2n) is 6.31. The van der Waals surface area contributed by atoms with Crippen LogP contribution in [0.25, 0.3) is 12.2 Å². The fourth-order valence-corrected chi connectivity index (χ4v) is 2.75. The number of nitrogens with one attached hydrogen (secondary N) is 1. The Balaban J connectivity index is 1.95. The summed E-state index contributed by atoms with van der Waals surface area (Å²) < 4.78 is 11.0. The first kappa shape index (κ1) is 22.0. The van der Waals surface area contributed by atoms with Gasteiger partial charge in [-0.3, -0.25) is 25.0 Å². The van der Waals surface area contributed by atoms with Gasteiger partial charge >= 0.3 is 11.2 Å². The van der Waals surface area contributed by atoms with Gasteiger partial charge < -0.3 is 19.6 Å². The number of nitro groups is 2. The lowest BCUT2D eigenvalue weighted by Crippen LogP contribution is -2.14. The van der Waals surface area contributed by atoms with E-state index < -0.39 is 27.0 Å². The van der Waals surface area contributed by atoms with Crippen molar-refractivity contribution >= 4 is 23.5 Å². The SMILES string of the molecule is COc1cc(/C=C\c2nc(O)c([N+](=O)[O-])c(=O)[nH]2)c([N+](=O)[O-])cc1OCc1ccccc1. The number of aromatic nitrogens is 2. The maximum absolute atomic E-state index is 11.7. The minimum absolute atomic E-state index is 0.0828. The minimum atomic E-state index is -1.17. The number of aromatic amines is 1. The van der Waals surface area contributed by atoms with Gasteiger partial charge in [-0.1, -0.05) is 30.3 Å². The molecule has 0 aliphatic carbocycles. The minimum Gasteiger partial charge on any atom is -0.493 e. The standard InChI is InChI=1S/C20H16N4O8/c1-31-15-9-13(7-8-17-21-19(25)18(24(29)30)20(26)22-17)14(23(27)28)10-16(15)32-11-12-5-3-2-4-6-12/h2-10H,11H2,1H3,(H2,21,22,25,26)/b8-7-. The molecule has 0 saturated carbocycles. The molecule has 0 spiro atoms. The Labute approximate surface area is 179 Å². The van der Waals surface area contributed by atoms with E-state index in [0.29, 0.717) is 0 Å². The second kappa shape index (κ2) is 9.38. The largest absolute Gasteiger partial charge is 0.493 e. The highest BCUT2D eigenvalue weighted by atomic mass is 16.6. The molecule has 3 aromatic rings. The van der Waals surface area contributed by atoms with Gasteiger partial charge in [-0.2, -0.15) is 4.98 Å². The third-order valence-corrected chi connectivity index (χ3v) is 4.24. The number of rotatable bonds is 8. The first-order valence-corrected chi connectivity index (χ1v) is 8.99. The number of hydrogen-bond acceptors (Lipinski definition) is 9. The van der Waals surface area contributed by atoms with Crippen molar-refractivity contribution in [1.82, 2.24) is 9.97 Å². The Bertz CT molecular complexity index is 1250. The summed E-state index contributed by atoms with van der Waals surface area (Å²) in [6.07, 6.45) is 2.39. The molecule has 0 atom stereocenters. The van der Waals surface area contributed by atoms with Gasteiger partial charge in [-0.25, -0.2) is 0 Å². The quantitative estimate of drug-likeness (QED) is 0.394. The molecular weight excluding hydrogens is 424 g/mol. The van der Waals surface area contributed by atoms with Crippen LogP contribution in [0.4, 0.5) is 11.4 Å². The summed E-state index contributed by atoms with van der Waals surface area (Å²) in [4.78, 5) is 38.0. The summed E-state index contributed by atoms with van der Waals surface area (Å²) in [5.41, 5.74) is -1.65. The van der Waals surface area contributed by atoms with Crippen molar-refractivity contribution in [2.75, 3.05) is 7.11 Å². The van der Waals surface area contributed by atoms with Gasteiger partial charge in [0.05, 0.1) is 28.6 Å². The molecule has 32 heavy (non-hydrogen) atoms. The van der Waals surface area contributed by atoms with Gasteiger partial charge in [0, 0.05) is 0 Å². The smallest absolute Gasteiger partial charge is 0.395 e. The number of aromatic hydroxyl groups is 1. The molecular formula is C20H16N4O8. The number of nitrogens with zero attached hydrogens (tertiary/aromatic N) is 3. The van der Waals surface area contributed by atoms with Crippen LogP contribution < -0.4 is 15.0 Å². The maximum atomic E-state index is 11.7. The van der Waals surface area contributed by atoms with Gasteiger partial charge in [0.25, 0.3) is 11.6 Å². The lowest BCUT2D eigenvalue weighted by Gasteiger charge is -2.12. The lowest BCUT2D eigenvalue weighted by atomic mass is 10.1. The average molecular weight is 440 g/mol. The molecule has 12 nitrogen and oxygen atoms in total. The van der Waals surface area contributed by atoms with Crippen LogP contribution in [0.5, 0.6) is 17.4 Å². The first-order valence-electron chi connectivity index (χ1n) is 8.99. The Morgan fingerprint density at radius 2 is 1.81 bits per heavy atom. The van der Waals surface area contributed by atoms with E-state index in [2.05, 4.69) is 9.97 Å². The van der Waals surface area contributed by atoms with Crippen LogP contribution in [0.15, 0.2) is 47.3 Å². The molecule has 1 aromatic heterocycles. The van der Waals surface area contributed by atoms with Crippen LogP contribution in [0.1, 0.15) is 17.0 Å². The lowest BCUT2D eigenvalue weighted by molar-refractivity contribution is -0.387. The van der Waals surface area contributed by atoms with Gasteiger partial charge in [-0.15, -0.1) is 0 Å². The molecule has 0 aliphatic rings. The summed E-state index contributed by atoms with van der Waals surface area (Å²) in [6, 6.07) is 11.8. The summed E-state index contributed by atoms with van der Waals surface area (Å²) in [7, 11) is 1.37. The summed E-state index contributed by atoms with van der Waals surface area (Å²) in [5.74, 6) is -0.940. The highest BCUT2D eigenvalue weighted by Gasteiger charge is 2.22. The molecule has 1 heterocycles. The van der Waals surface area contributed by atoms with Gasteiger partial charge in [0.2, 0.25) is 0 Å². The first-order chi connectivity index (χ1) is 15.3. The van der Waals surface area contributed by atoms with Crippen LogP contribution in [-0.2, 0) is 6.61 Å². The maximum Gasteiger partial charge on any atom is 0.395 e. The van der Waals surface area contributed by atoms with Crippen molar-refractivity contribution in [3.05, 3.63) is 90.0 Å². The molecule has 0 fully saturated rings. The number of nitro benzene ring substituents is 1. The molecule has 0 unspecified atom stereocenters. The van der Waals surface area contributed by atoms with Crippen molar-refractivity contribution in [3.63, 3.8) is 0 Å². The van der Waals surface area contributed by atoms with E-state index >= 15 is 0 Å². The Kier molecular flexibility index (Phi) is 6.44. The molecule has 164 valence electrons. The molecule has 0 amide bonds. The van der Waals surface area contributed by atoms with Crippen LogP contribution in [0.3, 0.4) is 0 Å². The van der Waals surface area contributed by atoms with Gasteiger partial charge in [0.1, 0.15) is 12.4 Å². The van der Waals surface area contributed by atoms with Gasteiger partial charge in [0.15, 0.2) is 11.5 Å². The normalized spacial score (nSPS) is 10.8. The predicted octanol–water partition coefficient (Wildman–Crippen LogP) is 3.05. The van der Waals surface area contributed by atoms with E-state index in [-0.39, 0.29) is 35.2 Å². The summed E-state index contributed by atoms with van der Waals surface area (Å²) in [6.45, 7) is 0.163. The zero-order valence-corrected chi connectivity index (χ0v) is 16.5. The molecule has 0 aliphatic heterocycles. The van der Waals surface area contributed by atoms with Gasteiger partial charge in [-0.05, 0) is 23.8 Å². The van der Waals surface area contributed by atoms with E-state index in [9.17, 15) is 30.1 Å². The number of methoxy groups -OCH3 is 1. The monoisotopic (exact) mass is 440 g/mol. The fraction of sp³-hybridized carbons (Fsp3) is 0.100. The predicted molar refractivity (Wildman–Crippen MR) is 113 cm³/mol. The van der Waals surface area contributed by atoms with E-state index in [0.717, 1.165) is 11.6 Å². The van der Waals surface area contributed by atoms with Crippen molar-refractivity contribution < 1.29 is 24.4 Å². The zero-order chi connectivity index (χ0) is 23.3. The molecule has 2 N–H and O–H groups in total. The van der Waals surface area contributed by atoms with E-state index in [1.807, 2.05) is 30.3 Å². The fourth-order valence-electron chi connectivity index (χ4n) is 2.75. The van der Waals surface area contributed by atoms with Crippen LogP contribution in [0.2, 0.25) is 0 Å². The van der Waals surface area contributed by atoms with Crippen molar-refractivity contribution in [2.24, 2.45) is 0 Å². The molecule has 0 bridgehead atoms. The third-order valence-electron chi connectivity index (χ3n) is 4.24. The molecule has 0 saturated heterocycles. The van der Waals surface area contributed by atoms with Crippen LogP contribution >= 0.6 is 0 Å². The number of ether oxygens (including phenoxy) is 2. The topological polar surface area (TPSA) is 171 Å². The zero-order valence-electron chi connectivity index (χ0n) is 16.5. The summed E-state index contributed by atoms with van der Waals surface area (Å²) >= 11 is 0. The Morgan fingerprint density at radius 1 is 1.09 bits per heavy atom. The Hall–Kier alpha value is -4.74. The highest BCUT2D eigenvalue weighted by molar-refractivity contribution is 5.75. The molecule has 0 radical (unpaired) electrons. The number of hydrogen-bond donors (Lipinski definition) is 2. The molecule has 3 rings (SSSR count). The average Bonchev–Trinajstić information content (AvgIpc) is 2.75. The molecule has 2 aromatic carbocycles. The van der Waals surface area contributed by atoms with Crippen LogP contribution in [0, 0.1) is 20.2 Å². The molecule has 12 heteroatoms. The highest BCUT2D eigenvalue weighted by Crippen LogP contribution is 2.36. The van der Waals surface area contributed by atoms with E-state index in [1.54, 1.807) is 0 Å². The summed E-state index contributed by atoms with van der Waals surface area (Å²) in [5, 5.41) is 31.9. The third kappa shape index (κ3) is 4.87. The number of H-pyrrole nitrogens is 1. The van der Waals surface area contributed by atoms with Crippen LogP contribution in [-0.4, -0.2) is 32.0 Å². The van der Waals surface area contributed by atoms with E-state index in [1.165, 1.54) is 25.3 Å².